The van der Waals surface area contributed by atoms with E-state index in [2.05, 4.69) is 17.4 Å². The molecule has 20 heavy (non-hydrogen) atoms. The lowest BCUT2D eigenvalue weighted by Crippen LogP contribution is -2.42. The minimum atomic E-state index is -0.415. The first kappa shape index (κ1) is 15.0. The standard InChI is InChI=1S/C17H25NO2/c1-16(2,3)20-15(19)13-17(9-11-18-12-10-17)14-7-5-4-6-8-14/h4-8,18H,9-13H2,1-3H3. The number of esters is 1. The van der Waals surface area contributed by atoms with Crippen molar-refractivity contribution in [2.24, 2.45) is 0 Å². The van der Waals surface area contributed by atoms with Gasteiger partial charge in [-0.1, -0.05) is 30.3 Å². The molecule has 0 bridgehead atoms. The number of benzene rings is 1. The third kappa shape index (κ3) is 3.83. The zero-order chi connectivity index (χ0) is 14.6. The average Bonchev–Trinajstić information content (AvgIpc) is 2.38. The van der Waals surface area contributed by atoms with Crippen LogP contribution < -0.4 is 5.32 Å². The SMILES string of the molecule is CC(C)(C)OC(=O)CC1(c2ccccc2)CCNCC1. The summed E-state index contributed by atoms with van der Waals surface area (Å²) in [5.74, 6) is -0.0942. The largest absolute Gasteiger partial charge is 0.460 e. The van der Waals surface area contributed by atoms with Crippen molar-refractivity contribution in [3.05, 3.63) is 35.9 Å². The van der Waals surface area contributed by atoms with Gasteiger partial charge < -0.3 is 10.1 Å². The van der Waals surface area contributed by atoms with E-state index in [1.165, 1.54) is 5.56 Å². The van der Waals surface area contributed by atoms with E-state index < -0.39 is 5.60 Å². The van der Waals surface area contributed by atoms with Gasteiger partial charge in [-0.15, -0.1) is 0 Å². The molecule has 1 aromatic carbocycles. The zero-order valence-electron chi connectivity index (χ0n) is 12.7. The van der Waals surface area contributed by atoms with Crippen LogP contribution in [0.2, 0.25) is 0 Å². The summed E-state index contributed by atoms with van der Waals surface area (Å²) in [6, 6.07) is 10.4. The van der Waals surface area contributed by atoms with Gasteiger partial charge in [-0.05, 0) is 52.3 Å². The van der Waals surface area contributed by atoms with Gasteiger partial charge in [-0.3, -0.25) is 4.79 Å². The summed E-state index contributed by atoms with van der Waals surface area (Å²) in [6.45, 7) is 7.67. The highest BCUT2D eigenvalue weighted by Crippen LogP contribution is 2.37. The number of rotatable bonds is 3. The fraction of sp³-hybridized carbons (Fsp3) is 0.588. The van der Waals surface area contributed by atoms with Gasteiger partial charge in [-0.25, -0.2) is 0 Å². The monoisotopic (exact) mass is 275 g/mol. The van der Waals surface area contributed by atoms with Crippen molar-refractivity contribution in [1.82, 2.24) is 5.32 Å². The lowest BCUT2D eigenvalue weighted by atomic mass is 9.71. The molecule has 0 unspecified atom stereocenters. The Hall–Kier alpha value is -1.35. The topological polar surface area (TPSA) is 38.3 Å². The smallest absolute Gasteiger partial charge is 0.307 e. The zero-order valence-corrected chi connectivity index (χ0v) is 12.7. The lowest BCUT2D eigenvalue weighted by Gasteiger charge is -2.38. The molecule has 0 saturated carbocycles. The predicted octanol–water partition coefficient (Wildman–Crippen LogP) is 3.04. The summed E-state index contributed by atoms with van der Waals surface area (Å²) in [7, 11) is 0. The number of piperidine rings is 1. The highest BCUT2D eigenvalue weighted by Gasteiger charge is 2.37. The van der Waals surface area contributed by atoms with E-state index in [9.17, 15) is 4.79 Å². The third-order valence-corrected chi connectivity index (χ3v) is 3.85. The number of hydrogen-bond donors (Lipinski definition) is 1. The van der Waals surface area contributed by atoms with Crippen LogP contribution in [0.4, 0.5) is 0 Å². The van der Waals surface area contributed by atoms with E-state index in [1.54, 1.807) is 0 Å². The number of hydrogen-bond acceptors (Lipinski definition) is 3. The molecule has 1 aliphatic rings. The molecule has 110 valence electrons. The van der Waals surface area contributed by atoms with Crippen molar-refractivity contribution in [3.8, 4) is 0 Å². The maximum atomic E-state index is 12.3. The molecule has 1 fully saturated rings. The van der Waals surface area contributed by atoms with Crippen LogP contribution in [0.15, 0.2) is 30.3 Å². The molecule has 0 atom stereocenters. The lowest BCUT2D eigenvalue weighted by molar-refractivity contribution is -0.156. The van der Waals surface area contributed by atoms with Gasteiger partial charge >= 0.3 is 5.97 Å². The van der Waals surface area contributed by atoms with Gasteiger partial charge in [-0.2, -0.15) is 0 Å². The normalized spacial score (nSPS) is 18.6. The minimum absolute atomic E-state index is 0.0746. The number of nitrogens with one attached hydrogen (secondary N) is 1. The van der Waals surface area contributed by atoms with Crippen LogP contribution in [0, 0.1) is 0 Å². The molecule has 1 saturated heterocycles. The second-order valence-electron chi connectivity index (χ2n) is 6.66. The van der Waals surface area contributed by atoms with Crippen LogP contribution in [0.25, 0.3) is 0 Å². The van der Waals surface area contributed by atoms with E-state index in [0.29, 0.717) is 6.42 Å². The van der Waals surface area contributed by atoms with E-state index in [4.69, 9.17) is 4.74 Å². The Balaban J connectivity index is 2.18. The van der Waals surface area contributed by atoms with Crippen molar-refractivity contribution >= 4 is 5.97 Å². The van der Waals surface area contributed by atoms with E-state index >= 15 is 0 Å². The Morgan fingerprint density at radius 1 is 1.20 bits per heavy atom. The molecule has 3 heteroatoms. The molecular formula is C17H25NO2. The molecule has 1 heterocycles. The van der Waals surface area contributed by atoms with Crippen LogP contribution in [-0.2, 0) is 14.9 Å². The van der Waals surface area contributed by atoms with Gasteiger partial charge in [0.05, 0.1) is 6.42 Å². The van der Waals surface area contributed by atoms with Crippen LogP contribution in [0.5, 0.6) is 0 Å². The maximum Gasteiger partial charge on any atom is 0.307 e. The molecule has 0 radical (unpaired) electrons. The van der Waals surface area contributed by atoms with Crippen LogP contribution in [0.1, 0.15) is 45.6 Å². The maximum absolute atomic E-state index is 12.3. The second-order valence-corrected chi connectivity index (χ2v) is 6.66. The van der Waals surface area contributed by atoms with Crippen molar-refractivity contribution in [1.29, 1.82) is 0 Å². The Labute approximate surface area is 121 Å². The number of ether oxygens (including phenoxy) is 1. The van der Waals surface area contributed by atoms with Crippen LogP contribution >= 0.6 is 0 Å². The van der Waals surface area contributed by atoms with Gasteiger partial charge in [0.15, 0.2) is 0 Å². The first-order valence-electron chi connectivity index (χ1n) is 7.39. The third-order valence-electron chi connectivity index (χ3n) is 3.85. The van der Waals surface area contributed by atoms with Crippen LogP contribution in [-0.4, -0.2) is 24.7 Å². The van der Waals surface area contributed by atoms with Gasteiger partial charge in [0.25, 0.3) is 0 Å². The summed E-state index contributed by atoms with van der Waals surface area (Å²) >= 11 is 0. The molecule has 0 amide bonds. The Morgan fingerprint density at radius 3 is 2.35 bits per heavy atom. The summed E-state index contributed by atoms with van der Waals surface area (Å²) in [6.07, 6.45) is 2.43. The molecule has 0 spiro atoms. The summed E-state index contributed by atoms with van der Waals surface area (Å²) < 4.78 is 5.53. The van der Waals surface area contributed by atoms with Crippen LogP contribution in [0.3, 0.4) is 0 Å². The van der Waals surface area contributed by atoms with Gasteiger partial charge in [0.2, 0.25) is 0 Å². The first-order chi connectivity index (χ1) is 9.41. The minimum Gasteiger partial charge on any atom is -0.460 e. The molecular weight excluding hydrogens is 250 g/mol. The molecule has 3 nitrogen and oxygen atoms in total. The Morgan fingerprint density at radius 2 is 1.80 bits per heavy atom. The quantitative estimate of drug-likeness (QED) is 0.862. The summed E-state index contributed by atoms with van der Waals surface area (Å²) in [5.41, 5.74) is 0.767. The molecule has 0 aliphatic carbocycles. The fourth-order valence-electron chi connectivity index (χ4n) is 2.92. The second kappa shape index (κ2) is 5.96. The van der Waals surface area contributed by atoms with E-state index in [1.807, 2.05) is 39.0 Å². The van der Waals surface area contributed by atoms with Crippen molar-refractivity contribution in [2.75, 3.05) is 13.1 Å². The predicted molar refractivity (Wildman–Crippen MR) is 80.7 cm³/mol. The highest BCUT2D eigenvalue weighted by molar-refractivity contribution is 5.72. The summed E-state index contributed by atoms with van der Waals surface area (Å²) in [4.78, 5) is 12.3. The average molecular weight is 275 g/mol. The van der Waals surface area contributed by atoms with E-state index in [-0.39, 0.29) is 11.4 Å². The number of carbonyl (C=O) groups excluding carboxylic acids is 1. The highest BCUT2D eigenvalue weighted by atomic mass is 16.6. The molecule has 1 aromatic rings. The molecule has 1 aliphatic heterocycles. The number of carbonyl (C=O) groups is 1. The molecule has 1 N–H and O–H groups in total. The molecule has 2 rings (SSSR count). The van der Waals surface area contributed by atoms with E-state index in [0.717, 1.165) is 25.9 Å². The Kier molecular flexibility index (Phi) is 4.48. The molecule has 0 aromatic heterocycles. The summed E-state index contributed by atoms with van der Waals surface area (Å²) in [5, 5.41) is 3.38. The van der Waals surface area contributed by atoms with Gasteiger partial charge in [0.1, 0.15) is 5.60 Å². The van der Waals surface area contributed by atoms with Crippen molar-refractivity contribution in [3.63, 3.8) is 0 Å². The van der Waals surface area contributed by atoms with Crippen molar-refractivity contribution in [2.45, 2.75) is 51.0 Å². The van der Waals surface area contributed by atoms with Gasteiger partial charge in [0, 0.05) is 5.41 Å². The first-order valence-corrected chi connectivity index (χ1v) is 7.39. The van der Waals surface area contributed by atoms with Crippen molar-refractivity contribution < 1.29 is 9.53 Å². The Bertz CT molecular complexity index is 442. The fourth-order valence-corrected chi connectivity index (χ4v) is 2.92.